The molecule has 1 aliphatic rings. The number of benzene rings is 1. The van der Waals surface area contributed by atoms with E-state index in [0.717, 1.165) is 25.7 Å². The maximum absolute atomic E-state index is 12.2. The molecule has 2 atom stereocenters. The van der Waals surface area contributed by atoms with Crippen molar-refractivity contribution in [2.45, 2.75) is 31.7 Å². The van der Waals surface area contributed by atoms with E-state index >= 15 is 0 Å². The van der Waals surface area contributed by atoms with E-state index in [2.05, 4.69) is 5.32 Å². The Morgan fingerprint density at radius 3 is 2.65 bits per heavy atom. The normalized spacial score (nSPS) is 22.1. The number of nitrogens with two attached hydrogens (primary N) is 1. The SMILES string of the molecule is COc1ccc(NC(=O)C2CCCC(N)C2)cc1OC. The number of anilines is 1. The van der Waals surface area contributed by atoms with Crippen LogP contribution in [0.5, 0.6) is 11.5 Å². The van der Waals surface area contributed by atoms with Gasteiger partial charge in [0.25, 0.3) is 0 Å². The van der Waals surface area contributed by atoms with Gasteiger partial charge in [-0.25, -0.2) is 0 Å². The topological polar surface area (TPSA) is 73.6 Å². The second-order valence-corrected chi connectivity index (χ2v) is 5.18. The molecule has 0 spiro atoms. The van der Waals surface area contributed by atoms with E-state index < -0.39 is 0 Å². The smallest absolute Gasteiger partial charge is 0.227 e. The van der Waals surface area contributed by atoms with E-state index in [1.807, 2.05) is 6.07 Å². The van der Waals surface area contributed by atoms with Crippen LogP contribution in [0.4, 0.5) is 5.69 Å². The van der Waals surface area contributed by atoms with Gasteiger partial charge in [-0.2, -0.15) is 0 Å². The van der Waals surface area contributed by atoms with E-state index in [4.69, 9.17) is 15.2 Å². The van der Waals surface area contributed by atoms with Crippen LogP contribution >= 0.6 is 0 Å². The summed E-state index contributed by atoms with van der Waals surface area (Å²) in [4.78, 5) is 12.2. The van der Waals surface area contributed by atoms with E-state index in [1.54, 1.807) is 26.4 Å². The Hall–Kier alpha value is -1.75. The van der Waals surface area contributed by atoms with Gasteiger partial charge in [0.05, 0.1) is 14.2 Å². The van der Waals surface area contributed by atoms with Crippen LogP contribution in [0.3, 0.4) is 0 Å². The maximum Gasteiger partial charge on any atom is 0.227 e. The predicted octanol–water partition coefficient (Wildman–Crippen LogP) is 2.16. The first-order valence-electron chi connectivity index (χ1n) is 6.92. The number of ether oxygens (including phenoxy) is 2. The molecule has 0 aliphatic heterocycles. The number of carbonyl (C=O) groups excluding carboxylic acids is 1. The molecular weight excluding hydrogens is 256 g/mol. The summed E-state index contributed by atoms with van der Waals surface area (Å²) in [7, 11) is 3.16. The Morgan fingerprint density at radius 1 is 1.25 bits per heavy atom. The Morgan fingerprint density at radius 2 is 2.00 bits per heavy atom. The van der Waals surface area contributed by atoms with Gasteiger partial charge in [-0.1, -0.05) is 6.42 Å². The quantitative estimate of drug-likeness (QED) is 0.885. The van der Waals surface area contributed by atoms with E-state index in [9.17, 15) is 4.79 Å². The van der Waals surface area contributed by atoms with Crippen LogP contribution in [0, 0.1) is 5.92 Å². The highest BCUT2D eigenvalue weighted by Gasteiger charge is 2.25. The Bertz CT molecular complexity index is 476. The van der Waals surface area contributed by atoms with E-state index in [0.29, 0.717) is 17.2 Å². The number of hydrogen-bond donors (Lipinski definition) is 2. The molecule has 2 rings (SSSR count). The first-order chi connectivity index (χ1) is 9.63. The third kappa shape index (κ3) is 3.42. The van der Waals surface area contributed by atoms with Crippen LogP contribution in [0.25, 0.3) is 0 Å². The summed E-state index contributed by atoms with van der Waals surface area (Å²) in [5.74, 6) is 1.29. The van der Waals surface area contributed by atoms with Gasteiger partial charge in [-0.3, -0.25) is 4.79 Å². The molecule has 0 aromatic heterocycles. The van der Waals surface area contributed by atoms with Gasteiger partial charge < -0.3 is 20.5 Å². The number of methoxy groups -OCH3 is 2. The number of amides is 1. The first kappa shape index (κ1) is 14.7. The summed E-state index contributed by atoms with van der Waals surface area (Å²) in [5.41, 5.74) is 6.64. The van der Waals surface area contributed by atoms with E-state index in [-0.39, 0.29) is 17.9 Å². The standard InChI is InChI=1S/C15H22N2O3/c1-19-13-7-6-12(9-14(13)20-2)17-15(18)10-4-3-5-11(16)8-10/h6-7,9-11H,3-5,8,16H2,1-2H3,(H,17,18). The fourth-order valence-electron chi connectivity index (χ4n) is 2.62. The van der Waals surface area contributed by atoms with Crippen molar-refractivity contribution in [1.29, 1.82) is 0 Å². The van der Waals surface area contributed by atoms with Crippen molar-refractivity contribution in [3.05, 3.63) is 18.2 Å². The Balaban J connectivity index is 2.03. The van der Waals surface area contributed by atoms with Gasteiger partial charge in [0.2, 0.25) is 5.91 Å². The fraction of sp³-hybridized carbons (Fsp3) is 0.533. The van der Waals surface area contributed by atoms with Gasteiger partial charge >= 0.3 is 0 Å². The zero-order valence-corrected chi connectivity index (χ0v) is 12.0. The molecular formula is C15H22N2O3. The van der Waals surface area contributed by atoms with Crippen LogP contribution in [0.1, 0.15) is 25.7 Å². The summed E-state index contributed by atoms with van der Waals surface area (Å²) < 4.78 is 10.4. The van der Waals surface area contributed by atoms with E-state index in [1.165, 1.54) is 0 Å². The Labute approximate surface area is 119 Å². The van der Waals surface area contributed by atoms with Crippen molar-refractivity contribution in [3.8, 4) is 11.5 Å². The lowest BCUT2D eigenvalue weighted by Crippen LogP contribution is -2.34. The summed E-state index contributed by atoms with van der Waals surface area (Å²) in [6.45, 7) is 0. The van der Waals surface area contributed by atoms with Gasteiger partial charge in [0.1, 0.15) is 0 Å². The second-order valence-electron chi connectivity index (χ2n) is 5.18. The molecule has 1 aromatic carbocycles. The summed E-state index contributed by atoms with van der Waals surface area (Å²) in [6.07, 6.45) is 3.71. The average molecular weight is 278 g/mol. The largest absolute Gasteiger partial charge is 0.493 e. The molecule has 0 radical (unpaired) electrons. The van der Waals surface area contributed by atoms with Crippen molar-refractivity contribution >= 4 is 11.6 Å². The lowest BCUT2D eigenvalue weighted by Gasteiger charge is -2.25. The van der Waals surface area contributed by atoms with Crippen LogP contribution in [0.15, 0.2) is 18.2 Å². The zero-order valence-electron chi connectivity index (χ0n) is 12.0. The van der Waals surface area contributed by atoms with Gasteiger partial charge in [-0.05, 0) is 31.4 Å². The first-order valence-corrected chi connectivity index (χ1v) is 6.92. The minimum atomic E-state index is 0.00634. The molecule has 0 bridgehead atoms. The predicted molar refractivity (Wildman–Crippen MR) is 78.1 cm³/mol. The lowest BCUT2D eigenvalue weighted by atomic mass is 9.85. The summed E-state index contributed by atoms with van der Waals surface area (Å²) in [5, 5.41) is 2.93. The van der Waals surface area contributed by atoms with Gasteiger partial charge in [0.15, 0.2) is 11.5 Å². The van der Waals surface area contributed by atoms with Crippen molar-refractivity contribution in [2.75, 3.05) is 19.5 Å². The minimum absolute atomic E-state index is 0.00634. The highest BCUT2D eigenvalue weighted by molar-refractivity contribution is 5.93. The molecule has 110 valence electrons. The minimum Gasteiger partial charge on any atom is -0.493 e. The van der Waals surface area contributed by atoms with Crippen molar-refractivity contribution in [3.63, 3.8) is 0 Å². The Kier molecular flexibility index (Phi) is 4.84. The molecule has 0 saturated heterocycles. The average Bonchev–Trinajstić information content (AvgIpc) is 2.47. The maximum atomic E-state index is 12.2. The van der Waals surface area contributed by atoms with Crippen LogP contribution < -0.4 is 20.5 Å². The van der Waals surface area contributed by atoms with Crippen LogP contribution in [0.2, 0.25) is 0 Å². The number of hydrogen-bond acceptors (Lipinski definition) is 4. The molecule has 2 unspecified atom stereocenters. The molecule has 1 fully saturated rings. The molecule has 1 aliphatic carbocycles. The number of carbonyl (C=O) groups is 1. The molecule has 20 heavy (non-hydrogen) atoms. The molecule has 1 amide bonds. The van der Waals surface area contributed by atoms with Crippen LogP contribution in [-0.2, 0) is 4.79 Å². The van der Waals surface area contributed by atoms with Gasteiger partial charge in [0, 0.05) is 23.7 Å². The van der Waals surface area contributed by atoms with Crippen LogP contribution in [-0.4, -0.2) is 26.2 Å². The number of nitrogens with one attached hydrogen (secondary N) is 1. The lowest BCUT2D eigenvalue weighted by molar-refractivity contribution is -0.120. The van der Waals surface area contributed by atoms with Crippen molar-refractivity contribution in [2.24, 2.45) is 11.7 Å². The fourth-order valence-corrected chi connectivity index (χ4v) is 2.62. The summed E-state index contributed by atoms with van der Waals surface area (Å²) >= 11 is 0. The molecule has 0 heterocycles. The van der Waals surface area contributed by atoms with Crippen molar-refractivity contribution in [1.82, 2.24) is 0 Å². The molecule has 5 heteroatoms. The van der Waals surface area contributed by atoms with Crippen molar-refractivity contribution < 1.29 is 14.3 Å². The monoisotopic (exact) mass is 278 g/mol. The zero-order chi connectivity index (χ0) is 14.5. The highest BCUT2D eigenvalue weighted by Crippen LogP contribution is 2.30. The number of rotatable bonds is 4. The molecule has 5 nitrogen and oxygen atoms in total. The molecule has 1 saturated carbocycles. The molecule has 1 aromatic rings. The second kappa shape index (κ2) is 6.61. The third-order valence-corrected chi connectivity index (χ3v) is 3.74. The third-order valence-electron chi connectivity index (χ3n) is 3.74. The summed E-state index contributed by atoms with van der Waals surface area (Å²) in [6, 6.07) is 5.49. The van der Waals surface area contributed by atoms with Gasteiger partial charge in [-0.15, -0.1) is 0 Å². The highest BCUT2D eigenvalue weighted by atomic mass is 16.5. The molecule has 3 N–H and O–H groups in total.